The Hall–Kier alpha value is -2.23. The van der Waals surface area contributed by atoms with Crippen LogP contribution < -0.4 is 4.90 Å². The number of thiophene rings is 1. The molecule has 2 heterocycles. The Morgan fingerprint density at radius 1 is 1.35 bits per heavy atom. The third-order valence-corrected chi connectivity index (χ3v) is 6.26. The van der Waals surface area contributed by atoms with Gasteiger partial charge in [0.05, 0.1) is 15.6 Å². The van der Waals surface area contributed by atoms with Crippen molar-refractivity contribution in [2.45, 2.75) is 0 Å². The molecule has 3 rings (SSSR count). The first kappa shape index (κ1) is 18.6. The van der Waals surface area contributed by atoms with Gasteiger partial charge in [0, 0.05) is 19.8 Å². The van der Waals surface area contributed by atoms with Crippen LogP contribution in [0.15, 0.2) is 51.9 Å². The van der Waals surface area contributed by atoms with Crippen molar-refractivity contribution in [3.63, 3.8) is 0 Å². The molecule has 0 spiro atoms. The van der Waals surface area contributed by atoms with Crippen molar-refractivity contribution >= 4 is 50.5 Å². The Labute approximate surface area is 159 Å². The van der Waals surface area contributed by atoms with Crippen LogP contribution in [0.2, 0.25) is 5.02 Å². The smallest absolute Gasteiger partial charge is 0.310 e. The number of nitrogens with zero attached hydrogens (tertiary/aromatic N) is 3. The van der Waals surface area contributed by atoms with Gasteiger partial charge in [0.1, 0.15) is 11.5 Å². The highest BCUT2D eigenvalue weighted by atomic mass is 35.5. The van der Waals surface area contributed by atoms with Crippen molar-refractivity contribution in [2.24, 2.45) is 4.40 Å². The molecule has 0 saturated heterocycles. The molecule has 0 saturated carbocycles. The first-order valence-corrected chi connectivity index (χ1v) is 9.93. The molecule has 0 fully saturated rings. The molecule has 136 valence electrons. The molecule has 0 aliphatic carbocycles. The maximum absolute atomic E-state index is 13.3. The van der Waals surface area contributed by atoms with Crippen molar-refractivity contribution in [1.82, 2.24) is 4.31 Å². The molecule has 0 atom stereocenters. The normalized spacial score (nSPS) is 16.1. The van der Waals surface area contributed by atoms with Gasteiger partial charge >= 0.3 is 10.2 Å². The average Bonchev–Trinajstić information content (AvgIpc) is 3.13. The standard InChI is InChI=1S/C16H13ClFN3O3S2/c1-20(10-5-6-12(18)11(17)8-10)16(22)14-9-13(15-4-3-7-25-15)19-26(23,24)21(14)2/h3-9H,1-2H3. The molecule has 10 heteroatoms. The van der Waals surface area contributed by atoms with E-state index < -0.39 is 21.9 Å². The van der Waals surface area contributed by atoms with E-state index in [1.165, 1.54) is 48.5 Å². The summed E-state index contributed by atoms with van der Waals surface area (Å²) in [4.78, 5) is 14.7. The van der Waals surface area contributed by atoms with E-state index in [1.807, 2.05) is 0 Å². The second kappa shape index (κ2) is 6.82. The first-order chi connectivity index (χ1) is 12.2. The van der Waals surface area contributed by atoms with Gasteiger partial charge in [-0.15, -0.1) is 15.7 Å². The average molecular weight is 414 g/mol. The van der Waals surface area contributed by atoms with E-state index in [1.54, 1.807) is 17.5 Å². The fraction of sp³-hybridized carbons (Fsp3) is 0.125. The lowest BCUT2D eigenvalue weighted by atomic mass is 10.2. The number of likely N-dealkylation sites (N-methyl/N-ethyl adjacent to an activating group) is 2. The molecule has 0 N–H and O–H groups in total. The molecule has 0 bridgehead atoms. The van der Waals surface area contributed by atoms with Crippen LogP contribution in [0.4, 0.5) is 10.1 Å². The molecule has 6 nitrogen and oxygen atoms in total. The Morgan fingerprint density at radius 2 is 2.08 bits per heavy atom. The van der Waals surface area contributed by atoms with Crippen molar-refractivity contribution < 1.29 is 17.6 Å². The Morgan fingerprint density at radius 3 is 2.69 bits per heavy atom. The zero-order valence-electron chi connectivity index (χ0n) is 13.7. The second-order valence-corrected chi connectivity index (χ2v) is 8.37. The number of allylic oxidation sites excluding steroid dienone is 1. The van der Waals surface area contributed by atoms with Crippen LogP contribution in [0, 0.1) is 5.82 Å². The Kier molecular flexibility index (Phi) is 4.87. The molecule has 1 aromatic heterocycles. The molecule has 1 amide bonds. The highest BCUT2D eigenvalue weighted by Gasteiger charge is 2.32. The van der Waals surface area contributed by atoms with Gasteiger partial charge in [-0.05, 0) is 35.7 Å². The molecule has 1 aliphatic rings. The van der Waals surface area contributed by atoms with Crippen molar-refractivity contribution in [1.29, 1.82) is 0 Å². The number of hydrogen-bond acceptors (Lipinski definition) is 4. The number of amides is 1. The summed E-state index contributed by atoms with van der Waals surface area (Å²) in [7, 11) is -1.34. The Bertz CT molecular complexity index is 1030. The minimum Gasteiger partial charge on any atom is -0.310 e. The molecule has 2 aromatic rings. The topological polar surface area (TPSA) is 70.0 Å². The quantitative estimate of drug-likeness (QED) is 0.776. The number of anilines is 1. The maximum atomic E-state index is 13.3. The van der Waals surface area contributed by atoms with E-state index in [2.05, 4.69) is 4.40 Å². The van der Waals surface area contributed by atoms with Crippen molar-refractivity contribution in [3.8, 4) is 0 Å². The second-order valence-electron chi connectivity index (χ2n) is 5.39. The van der Waals surface area contributed by atoms with Gasteiger partial charge in [0.2, 0.25) is 0 Å². The number of benzene rings is 1. The van der Waals surface area contributed by atoms with E-state index in [4.69, 9.17) is 11.6 Å². The molecule has 0 radical (unpaired) electrons. The van der Waals surface area contributed by atoms with Gasteiger partial charge in [-0.3, -0.25) is 4.79 Å². The third kappa shape index (κ3) is 3.37. The van der Waals surface area contributed by atoms with Crippen LogP contribution in [-0.4, -0.2) is 38.4 Å². The van der Waals surface area contributed by atoms with Crippen LogP contribution in [0.1, 0.15) is 4.88 Å². The number of carbonyl (C=O) groups is 1. The van der Waals surface area contributed by atoms with Gasteiger partial charge in [0.25, 0.3) is 5.91 Å². The minimum absolute atomic E-state index is 0.0775. The van der Waals surface area contributed by atoms with Gasteiger partial charge < -0.3 is 4.90 Å². The summed E-state index contributed by atoms with van der Waals surface area (Å²) in [6, 6.07) is 7.28. The zero-order chi connectivity index (χ0) is 19.1. The summed E-state index contributed by atoms with van der Waals surface area (Å²) >= 11 is 7.07. The maximum Gasteiger partial charge on any atom is 0.345 e. The summed E-state index contributed by atoms with van der Waals surface area (Å²) in [5.74, 6) is -1.21. The molecule has 1 aliphatic heterocycles. The zero-order valence-corrected chi connectivity index (χ0v) is 16.1. The molecule has 26 heavy (non-hydrogen) atoms. The monoisotopic (exact) mass is 413 g/mol. The van der Waals surface area contributed by atoms with E-state index in [0.717, 1.165) is 10.4 Å². The highest BCUT2D eigenvalue weighted by Crippen LogP contribution is 2.26. The summed E-state index contributed by atoms with van der Waals surface area (Å²) in [5, 5.41) is 1.65. The third-order valence-electron chi connectivity index (χ3n) is 3.76. The lowest BCUT2D eigenvalue weighted by molar-refractivity contribution is -0.115. The summed E-state index contributed by atoms with van der Waals surface area (Å²) < 4.78 is 42.5. The fourth-order valence-electron chi connectivity index (χ4n) is 2.28. The molecular weight excluding hydrogens is 401 g/mol. The lowest BCUT2D eigenvalue weighted by Gasteiger charge is -2.27. The minimum atomic E-state index is -4.04. The number of rotatable bonds is 3. The van der Waals surface area contributed by atoms with E-state index in [-0.39, 0.29) is 16.4 Å². The SMILES string of the molecule is CN(C(=O)C1=CC(c2cccs2)=NS(=O)(=O)N1C)c1ccc(F)c(Cl)c1. The number of carbonyl (C=O) groups excluding carboxylic acids is 1. The number of hydrogen-bond donors (Lipinski definition) is 0. The van der Waals surface area contributed by atoms with Crippen molar-refractivity contribution in [3.05, 3.63) is 63.2 Å². The van der Waals surface area contributed by atoms with Gasteiger partial charge in [-0.2, -0.15) is 8.42 Å². The summed E-state index contributed by atoms with van der Waals surface area (Å²) in [6.45, 7) is 0. The lowest BCUT2D eigenvalue weighted by Crippen LogP contribution is -2.39. The predicted molar refractivity (Wildman–Crippen MR) is 100 cm³/mol. The summed E-state index contributed by atoms with van der Waals surface area (Å²) in [6.07, 6.45) is 1.41. The van der Waals surface area contributed by atoms with E-state index in [9.17, 15) is 17.6 Å². The van der Waals surface area contributed by atoms with Crippen LogP contribution in [0.3, 0.4) is 0 Å². The molecule has 1 aromatic carbocycles. The predicted octanol–water partition coefficient (Wildman–Crippen LogP) is 3.07. The van der Waals surface area contributed by atoms with Crippen LogP contribution in [-0.2, 0) is 15.0 Å². The van der Waals surface area contributed by atoms with E-state index in [0.29, 0.717) is 10.6 Å². The van der Waals surface area contributed by atoms with Gasteiger partial charge in [-0.25, -0.2) is 8.70 Å². The highest BCUT2D eigenvalue weighted by molar-refractivity contribution is 7.88. The number of halogens is 2. The van der Waals surface area contributed by atoms with Crippen LogP contribution in [0.25, 0.3) is 0 Å². The molecule has 0 unspecified atom stereocenters. The largest absolute Gasteiger partial charge is 0.345 e. The van der Waals surface area contributed by atoms with Crippen molar-refractivity contribution in [2.75, 3.05) is 19.0 Å². The van der Waals surface area contributed by atoms with Crippen LogP contribution in [0.5, 0.6) is 0 Å². The fourth-order valence-corrected chi connectivity index (χ4v) is 4.10. The van der Waals surface area contributed by atoms with Crippen LogP contribution >= 0.6 is 22.9 Å². The Balaban J connectivity index is 2.01. The van der Waals surface area contributed by atoms with Gasteiger partial charge in [-0.1, -0.05) is 17.7 Å². The first-order valence-electron chi connectivity index (χ1n) is 7.28. The van der Waals surface area contributed by atoms with E-state index >= 15 is 0 Å². The van der Waals surface area contributed by atoms with Gasteiger partial charge in [0.15, 0.2) is 0 Å². The molecular formula is C16H13ClFN3O3S2. The summed E-state index contributed by atoms with van der Waals surface area (Å²) in [5.41, 5.74) is 0.437.